The Morgan fingerprint density at radius 3 is 2.63 bits per heavy atom. The van der Waals surface area contributed by atoms with Crippen LogP contribution in [0, 0.1) is 17.8 Å². The largest absolute Gasteiger partial charge is 0.463 e. The molecule has 4 nitrogen and oxygen atoms in total. The van der Waals surface area contributed by atoms with Crippen molar-refractivity contribution in [2.75, 3.05) is 20.0 Å². The first kappa shape index (κ1) is 14.8. The molecule has 0 bridgehead atoms. The Labute approximate surface area is 115 Å². The molecule has 1 heterocycles. The second-order valence-corrected chi connectivity index (χ2v) is 5.84. The van der Waals surface area contributed by atoms with Gasteiger partial charge >= 0.3 is 5.97 Å². The molecule has 2 fully saturated rings. The van der Waals surface area contributed by atoms with Gasteiger partial charge in [0.1, 0.15) is 19.5 Å². The Kier molecular flexibility index (Phi) is 5.64. The zero-order chi connectivity index (χ0) is 13.7. The molecular formula is C15H26O4. The van der Waals surface area contributed by atoms with E-state index in [9.17, 15) is 4.79 Å². The molecule has 1 saturated heterocycles. The van der Waals surface area contributed by atoms with Crippen LogP contribution < -0.4 is 0 Å². The van der Waals surface area contributed by atoms with Crippen LogP contribution >= 0.6 is 0 Å². The molecule has 19 heavy (non-hydrogen) atoms. The maximum atomic E-state index is 11.9. The SMILES string of the molecule is CCC1CC(CC)C(CC(=O)OCC2COCO2)C1. The molecule has 1 saturated carbocycles. The van der Waals surface area contributed by atoms with Gasteiger partial charge in [0.15, 0.2) is 0 Å². The minimum Gasteiger partial charge on any atom is -0.463 e. The first-order chi connectivity index (χ1) is 9.22. The summed E-state index contributed by atoms with van der Waals surface area (Å²) in [4.78, 5) is 11.9. The first-order valence-corrected chi connectivity index (χ1v) is 7.57. The number of hydrogen-bond donors (Lipinski definition) is 0. The van der Waals surface area contributed by atoms with Crippen LogP contribution in [0.15, 0.2) is 0 Å². The van der Waals surface area contributed by atoms with Gasteiger partial charge in [-0.1, -0.05) is 26.7 Å². The first-order valence-electron chi connectivity index (χ1n) is 7.57. The molecule has 2 aliphatic rings. The molecule has 4 atom stereocenters. The van der Waals surface area contributed by atoms with Crippen LogP contribution in [0.2, 0.25) is 0 Å². The van der Waals surface area contributed by atoms with Gasteiger partial charge in [-0.25, -0.2) is 0 Å². The molecule has 0 radical (unpaired) electrons. The van der Waals surface area contributed by atoms with E-state index in [1.165, 1.54) is 25.7 Å². The van der Waals surface area contributed by atoms with Crippen LogP contribution in [0.3, 0.4) is 0 Å². The summed E-state index contributed by atoms with van der Waals surface area (Å²) in [7, 11) is 0. The fraction of sp³-hybridized carbons (Fsp3) is 0.933. The van der Waals surface area contributed by atoms with Crippen molar-refractivity contribution < 1.29 is 19.0 Å². The highest BCUT2D eigenvalue weighted by molar-refractivity contribution is 5.69. The lowest BCUT2D eigenvalue weighted by atomic mass is 9.91. The van der Waals surface area contributed by atoms with Gasteiger partial charge in [0.25, 0.3) is 0 Å². The average molecular weight is 270 g/mol. The molecule has 1 aliphatic heterocycles. The van der Waals surface area contributed by atoms with Crippen LogP contribution in [0.25, 0.3) is 0 Å². The molecule has 0 amide bonds. The summed E-state index contributed by atoms with van der Waals surface area (Å²) in [6.07, 6.45) is 5.38. The molecule has 4 unspecified atom stereocenters. The van der Waals surface area contributed by atoms with Crippen LogP contribution in [0.4, 0.5) is 0 Å². The Morgan fingerprint density at radius 1 is 1.21 bits per heavy atom. The van der Waals surface area contributed by atoms with Crippen molar-refractivity contribution >= 4 is 5.97 Å². The van der Waals surface area contributed by atoms with Gasteiger partial charge in [-0.15, -0.1) is 0 Å². The van der Waals surface area contributed by atoms with E-state index >= 15 is 0 Å². The van der Waals surface area contributed by atoms with E-state index in [2.05, 4.69) is 13.8 Å². The van der Waals surface area contributed by atoms with E-state index in [1.807, 2.05) is 0 Å². The molecule has 0 aromatic rings. The fourth-order valence-electron chi connectivity index (χ4n) is 3.35. The second kappa shape index (κ2) is 7.25. The summed E-state index contributed by atoms with van der Waals surface area (Å²) in [6.45, 7) is 5.66. The van der Waals surface area contributed by atoms with Crippen LogP contribution in [-0.2, 0) is 19.0 Å². The maximum absolute atomic E-state index is 11.9. The molecule has 2 rings (SSSR count). The molecular weight excluding hydrogens is 244 g/mol. The molecule has 0 aromatic carbocycles. The summed E-state index contributed by atoms with van der Waals surface area (Å²) in [5.41, 5.74) is 0. The molecule has 0 spiro atoms. The summed E-state index contributed by atoms with van der Waals surface area (Å²) < 4.78 is 15.6. The van der Waals surface area contributed by atoms with Crippen LogP contribution in [0.5, 0.6) is 0 Å². The van der Waals surface area contributed by atoms with Crippen molar-refractivity contribution in [3.05, 3.63) is 0 Å². The number of hydrogen-bond acceptors (Lipinski definition) is 4. The number of carbonyl (C=O) groups is 1. The smallest absolute Gasteiger partial charge is 0.306 e. The average Bonchev–Trinajstić information content (AvgIpc) is 3.05. The van der Waals surface area contributed by atoms with E-state index in [4.69, 9.17) is 14.2 Å². The zero-order valence-corrected chi connectivity index (χ0v) is 12.1. The Hall–Kier alpha value is -0.610. The van der Waals surface area contributed by atoms with Crippen molar-refractivity contribution in [2.24, 2.45) is 17.8 Å². The van der Waals surface area contributed by atoms with E-state index in [-0.39, 0.29) is 12.1 Å². The van der Waals surface area contributed by atoms with Crippen LogP contribution in [-0.4, -0.2) is 32.1 Å². The predicted molar refractivity (Wildman–Crippen MR) is 71.6 cm³/mol. The summed E-state index contributed by atoms with van der Waals surface area (Å²) >= 11 is 0. The van der Waals surface area contributed by atoms with E-state index in [0.717, 1.165) is 5.92 Å². The van der Waals surface area contributed by atoms with Gasteiger partial charge < -0.3 is 14.2 Å². The quantitative estimate of drug-likeness (QED) is 0.696. The van der Waals surface area contributed by atoms with E-state index < -0.39 is 0 Å². The Bertz CT molecular complexity index is 286. The van der Waals surface area contributed by atoms with Gasteiger partial charge in [0, 0.05) is 6.42 Å². The topological polar surface area (TPSA) is 44.8 Å². The third-order valence-electron chi connectivity index (χ3n) is 4.59. The molecule has 0 aromatic heterocycles. The van der Waals surface area contributed by atoms with Crippen molar-refractivity contribution in [1.82, 2.24) is 0 Å². The highest BCUT2D eigenvalue weighted by Crippen LogP contribution is 2.41. The van der Waals surface area contributed by atoms with E-state index in [0.29, 0.717) is 38.3 Å². The summed E-state index contributed by atoms with van der Waals surface area (Å²) in [5, 5.41) is 0. The van der Waals surface area contributed by atoms with Gasteiger partial charge in [-0.05, 0) is 30.6 Å². The molecule has 0 N–H and O–H groups in total. The van der Waals surface area contributed by atoms with Gasteiger partial charge in [0.2, 0.25) is 0 Å². The van der Waals surface area contributed by atoms with Gasteiger partial charge in [-0.3, -0.25) is 4.79 Å². The summed E-state index contributed by atoms with van der Waals surface area (Å²) in [6, 6.07) is 0. The van der Waals surface area contributed by atoms with Crippen molar-refractivity contribution in [3.8, 4) is 0 Å². The van der Waals surface area contributed by atoms with Gasteiger partial charge in [-0.2, -0.15) is 0 Å². The number of carbonyl (C=O) groups excluding carboxylic acids is 1. The lowest BCUT2D eigenvalue weighted by molar-refractivity contribution is -0.148. The molecule has 110 valence electrons. The lowest BCUT2D eigenvalue weighted by Gasteiger charge is -2.17. The normalized spacial score (nSPS) is 34.6. The van der Waals surface area contributed by atoms with Crippen molar-refractivity contribution in [3.63, 3.8) is 0 Å². The minimum absolute atomic E-state index is 0.0714. The van der Waals surface area contributed by atoms with Gasteiger partial charge in [0.05, 0.1) is 6.61 Å². The molecule has 1 aliphatic carbocycles. The maximum Gasteiger partial charge on any atom is 0.306 e. The number of rotatable bonds is 6. The predicted octanol–water partition coefficient (Wildman–Crippen LogP) is 2.76. The Morgan fingerprint density at radius 2 is 2.00 bits per heavy atom. The van der Waals surface area contributed by atoms with Crippen LogP contribution in [0.1, 0.15) is 46.0 Å². The Balaban J connectivity index is 1.71. The highest BCUT2D eigenvalue weighted by atomic mass is 16.7. The monoisotopic (exact) mass is 270 g/mol. The fourth-order valence-corrected chi connectivity index (χ4v) is 3.35. The number of ether oxygens (including phenoxy) is 3. The summed E-state index contributed by atoms with van der Waals surface area (Å²) in [5.74, 6) is 1.94. The third-order valence-corrected chi connectivity index (χ3v) is 4.59. The lowest BCUT2D eigenvalue weighted by Crippen LogP contribution is -2.22. The standard InChI is InChI=1S/C15H26O4/c1-3-11-5-12(4-2)13(6-11)7-15(16)18-9-14-8-17-10-19-14/h11-14H,3-10H2,1-2H3. The molecule has 4 heteroatoms. The van der Waals surface area contributed by atoms with E-state index in [1.54, 1.807) is 0 Å². The second-order valence-electron chi connectivity index (χ2n) is 5.84. The van der Waals surface area contributed by atoms with Crippen molar-refractivity contribution in [2.45, 2.75) is 52.1 Å². The number of esters is 1. The third kappa shape index (κ3) is 4.18. The van der Waals surface area contributed by atoms with Crippen molar-refractivity contribution in [1.29, 1.82) is 0 Å². The highest BCUT2D eigenvalue weighted by Gasteiger charge is 2.33. The zero-order valence-electron chi connectivity index (χ0n) is 12.1. The minimum atomic E-state index is -0.0734.